The van der Waals surface area contributed by atoms with Gasteiger partial charge in [0.2, 0.25) is 0 Å². The highest BCUT2D eigenvalue weighted by Crippen LogP contribution is 2.47. The quantitative estimate of drug-likeness (QED) is 0.162. The molecule has 0 amide bonds. The molecular formula is C41H26N2. The minimum atomic E-state index is -0.669. The number of fused-ring (bicyclic) bond motifs is 3. The van der Waals surface area contributed by atoms with E-state index >= 15 is 0 Å². The van der Waals surface area contributed by atoms with Crippen molar-refractivity contribution in [1.82, 2.24) is 9.97 Å². The van der Waals surface area contributed by atoms with Crippen molar-refractivity contribution in [2.75, 3.05) is 0 Å². The van der Waals surface area contributed by atoms with Gasteiger partial charge in [-0.05, 0) is 73.3 Å². The topological polar surface area (TPSA) is 25.8 Å². The number of hydrogen-bond donors (Lipinski definition) is 0. The van der Waals surface area contributed by atoms with Crippen LogP contribution >= 0.6 is 0 Å². The average Bonchev–Trinajstić information content (AvgIpc) is 3.08. The van der Waals surface area contributed by atoms with Gasteiger partial charge in [0, 0.05) is 17.0 Å². The van der Waals surface area contributed by atoms with Gasteiger partial charge in [-0.15, -0.1) is 0 Å². The Labute approximate surface area is 249 Å². The molecule has 200 valence electrons. The zero-order valence-corrected chi connectivity index (χ0v) is 23.4. The lowest BCUT2D eigenvalue weighted by Gasteiger charge is -2.36. The molecular weight excluding hydrogens is 520 g/mol. The van der Waals surface area contributed by atoms with Gasteiger partial charge in [-0.2, -0.15) is 0 Å². The van der Waals surface area contributed by atoms with Crippen molar-refractivity contribution in [3.05, 3.63) is 180 Å². The Bertz CT molecular complexity index is 2340. The highest BCUT2D eigenvalue weighted by atomic mass is 14.8. The molecule has 0 spiro atoms. The van der Waals surface area contributed by atoms with E-state index in [1.807, 2.05) is 12.3 Å². The second kappa shape index (κ2) is 9.20. The van der Waals surface area contributed by atoms with Gasteiger partial charge in [-0.3, -0.25) is 4.98 Å². The smallest absolute Gasteiger partial charge is 0.0968 e. The third kappa shape index (κ3) is 3.47. The minimum Gasteiger partial charge on any atom is -0.254 e. The van der Waals surface area contributed by atoms with Crippen LogP contribution in [0.2, 0.25) is 0 Å². The van der Waals surface area contributed by atoms with Crippen molar-refractivity contribution in [3.8, 4) is 0 Å². The molecule has 9 rings (SSSR count). The normalized spacial score (nSPS) is 12.2. The van der Waals surface area contributed by atoms with Crippen molar-refractivity contribution >= 4 is 54.1 Å². The predicted octanol–water partition coefficient (Wildman–Crippen LogP) is 10.1. The Morgan fingerprint density at radius 3 is 1.53 bits per heavy atom. The maximum absolute atomic E-state index is 5.52. The molecule has 0 atom stereocenters. The lowest BCUT2D eigenvalue weighted by molar-refractivity contribution is 0.721. The van der Waals surface area contributed by atoms with Crippen LogP contribution in [0, 0.1) is 0 Å². The number of nitrogens with zero attached hydrogens (tertiary/aromatic N) is 2. The molecule has 2 aromatic heterocycles. The molecule has 0 aliphatic rings. The lowest BCUT2D eigenvalue weighted by atomic mass is 9.66. The number of rotatable bonds is 4. The van der Waals surface area contributed by atoms with Crippen LogP contribution in [0.5, 0.6) is 0 Å². The fourth-order valence-corrected chi connectivity index (χ4v) is 7.22. The second-order valence-electron chi connectivity index (χ2n) is 11.4. The van der Waals surface area contributed by atoms with E-state index in [4.69, 9.17) is 9.97 Å². The first-order valence-electron chi connectivity index (χ1n) is 14.7. The van der Waals surface area contributed by atoms with Crippen LogP contribution in [0.25, 0.3) is 54.1 Å². The summed E-state index contributed by atoms with van der Waals surface area (Å²) in [7, 11) is 0. The highest BCUT2D eigenvalue weighted by molar-refractivity contribution is 6.23. The molecule has 2 heterocycles. The molecule has 2 heteroatoms. The van der Waals surface area contributed by atoms with E-state index < -0.39 is 5.41 Å². The first kappa shape index (κ1) is 24.0. The van der Waals surface area contributed by atoms with E-state index in [0.29, 0.717) is 0 Å². The van der Waals surface area contributed by atoms with Crippen LogP contribution < -0.4 is 0 Å². The van der Waals surface area contributed by atoms with Crippen molar-refractivity contribution in [1.29, 1.82) is 0 Å². The summed E-state index contributed by atoms with van der Waals surface area (Å²) in [6, 6.07) is 54.9. The van der Waals surface area contributed by atoms with Gasteiger partial charge in [0.25, 0.3) is 0 Å². The van der Waals surface area contributed by atoms with E-state index in [0.717, 1.165) is 27.5 Å². The molecule has 0 N–H and O–H groups in total. The second-order valence-corrected chi connectivity index (χ2v) is 11.4. The first-order valence-corrected chi connectivity index (χ1v) is 14.7. The number of benzene rings is 7. The molecule has 0 radical (unpaired) electrons. The summed E-state index contributed by atoms with van der Waals surface area (Å²) >= 11 is 0. The number of aromatic nitrogens is 2. The van der Waals surface area contributed by atoms with Crippen LogP contribution in [-0.2, 0) is 5.41 Å². The van der Waals surface area contributed by atoms with Gasteiger partial charge in [0.1, 0.15) is 0 Å². The van der Waals surface area contributed by atoms with Gasteiger partial charge < -0.3 is 0 Å². The van der Waals surface area contributed by atoms with E-state index in [2.05, 4.69) is 146 Å². The maximum atomic E-state index is 5.52. The molecule has 0 unspecified atom stereocenters. The van der Waals surface area contributed by atoms with Gasteiger partial charge in [-0.25, -0.2) is 4.98 Å². The lowest BCUT2D eigenvalue weighted by Crippen LogP contribution is -2.32. The van der Waals surface area contributed by atoms with E-state index in [-0.39, 0.29) is 0 Å². The van der Waals surface area contributed by atoms with E-state index in [1.54, 1.807) is 0 Å². The summed E-state index contributed by atoms with van der Waals surface area (Å²) in [6.07, 6.45) is 1.86. The molecule has 0 fully saturated rings. The van der Waals surface area contributed by atoms with Crippen LogP contribution in [0.3, 0.4) is 0 Å². The first-order chi connectivity index (χ1) is 21.3. The van der Waals surface area contributed by atoms with Crippen LogP contribution in [-0.4, -0.2) is 9.97 Å². The fourth-order valence-electron chi connectivity index (χ4n) is 7.22. The Hall–Kier alpha value is -5.60. The van der Waals surface area contributed by atoms with Gasteiger partial charge in [0.15, 0.2) is 0 Å². The van der Waals surface area contributed by atoms with Gasteiger partial charge in [0.05, 0.1) is 22.1 Å². The zero-order valence-electron chi connectivity index (χ0n) is 23.4. The standard InChI is InChI=1S/C41H26N2/c1-3-12-33(13-4-1)41(34-14-5-2-6-15-34,36-23-22-30-19-18-29-11-8-24-42-39(29)40(30)43-36)35-25-31-20-16-27-9-7-10-28-17-21-32(26-35)38(31)37(27)28/h1-26H. The summed E-state index contributed by atoms with van der Waals surface area (Å²) in [5.41, 5.74) is 5.69. The minimum absolute atomic E-state index is 0.669. The monoisotopic (exact) mass is 546 g/mol. The zero-order chi connectivity index (χ0) is 28.4. The number of hydrogen-bond acceptors (Lipinski definition) is 2. The number of pyridine rings is 2. The molecule has 7 aromatic carbocycles. The van der Waals surface area contributed by atoms with Crippen molar-refractivity contribution in [2.45, 2.75) is 5.41 Å². The SMILES string of the molecule is c1ccc(C(c2ccccc2)(c2cc3ccc4cccc5ccc(c2)c3c45)c2ccc3ccc4cccnc4c3n2)cc1. The van der Waals surface area contributed by atoms with Crippen LogP contribution in [0.1, 0.15) is 22.4 Å². The van der Waals surface area contributed by atoms with Crippen LogP contribution in [0.15, 0.2) is 158 Å². The van der Waals surface area contributed by atoms with Gasteiger partial charge >= 0.3 is 0 Å². The largest absolute Gasteiger partial charge is 0.254 e. The molecule has 0 bridgehead atoms. The Balaban J connectivity index is 1.45. The van der Waals surface area contributed by atoms with Crippen molar-refractivity contribution in [3.63, 3.8) is 0 Å². The summed E-state index contributed by atoms with van der Waals surface area (Å²) in [6.45, 7) is 0. The van der Waals surface area contributed by atoms with E-state index in [1.165, 1.54) is 49.0 Å². The van der Waals surface area contributed by atoms with E-state index in [9.17, 15) is 0 Å². The predicted molar refractivity (Wildman–Crippen MR) is 179 cm³/mol. The molecule has 43 heavy (non-hydrogen) atoms. The third-order valence-corrected chi connectivity index (χ3v) is 9.13. The molecule has 0 saturated heterocycles. The maximum Gasteiger partial charge on any atom is 0.0968 e. The summed E-state index contributed by atoms with van der Waals surface area (Å²) in [5.74, 6) is 0. The Kier molecular flexibility index (Phi) is 5.15. The summed E-state index contributed by atoms with van der Waals surface area (Å²) in [5, 5.41) is 9.84. The molecule has 2 nitrogen and oxygen atoms in total. The van der Waals surface area contributed by atoms with Crippen LogP contribution in [0.4, 0.5) is 0 Å². The Morgan fingerprint density at radius 2 is 0.884 bits per heavy atom. The highest BCUT2D eigenvalue weighted by Gasteiger charge is 2.40. The average molecular weight is 547 g/mol. The summed E-state index contributed by atoms with van der Waals surface area (Å²) < 4.78 is 0. The molecule has 0 aliphatic heterocycles. The summed E-state index contributed by atoms with van der Waals surface area (Å²) in [4.78, 5) is 10.3. The molecule has 0 aliphatic carbocycles. The molecule has 0 saturated carbocycles. The third-order valence-electron chi connectivity index (χ3n) is 9.13. The molecule has 9 aromatic rings. The Morgan fingerprint density at radius 1 is 0.372 bits per heavy atom. The fraction of sp³-hybridized carbons (Fsp3) is 0.0244. The van der Waals surface area contributed by atoms with Crippen molar-refractivity contribution in [2.24, 2.45) is 0 Å². The van der Waals surface area contributed by atoms with Crippen molar-refractivity contribution < 1.29 is 0 Å². The van der Waals surface area contributed by atoms with Gasteiger partial charge in [-0.1, -0.05) is 127 Å².